The third-order valence-corrected chi connectivity index (χ3v) is 2.56. The zero-order valence-corrected chi connectivity index (χ0v) is 6.95. The summed E-state index contributed by atoms with van der Waals surface area (Å²) in [6.07, 6.45) is 3.77. The molecular weight excluding hydrogens is 170 g/mol. The van der Waals surface area contributed by atoms with Crippen LogP contribution in [0.5, 0.6) is 0 Å². The molecule has 0 amide bonds. The van der Waals surface area contributed by atoms with Gasteiger partial charge in [0, 0.05) is 17.8 Å². The van der Waals surface area contributed by atoms with Crippen LogP contribution in [0, 0.1) is 0 Å². The summed E-state index contributed by atoms with van der Waals surface area (Å²) in [6.45, 7) is 0. The summed E-state index contributed by atoms with van der Waals surface area (Å²) < 4.78 is 2.00. The number of imidazole rings is 1. The maximum atomic E-state index is 4.39. The summed E-state index contributed by atoms with van der Waals surface area (Å²) in [6, 6.07) is 3.88. The van der Waals surface area contributed by atoms with E-state index in [0.29, 0.717) is 0 Å². The first kappa shape index (κ1) is 6.14. The van der Waals surface area contributed by atoms with Crippen LogP contribution in [-0.4, -0.2) is 14.4 Å². The highest BCUT2D eigenvalue weighted by atomic mass is 32.1. The van der Waals surface area contributed by atoms with Gasteiger partial charge in [0.2, 0.25) is 0 Å². The smallest absolute Gasteiger partial charge is 0.195 e. The molecule has 0 bridgehead atoms. The van der Waals surface area contributed by atoms with Gasteiger partial charge in [-0.25, -0.2) is 9.97 Å². The third-order valence-electron chi connectivity index (χ3n) is 1.80. The van der Waals surface area contributed by atoms with Crippen LogP contribution in [0.1, 0.15) is 0 Å². The van der Waals surface area contributed by atoms with Crippen LogP contribution < -0.4 is 0 Å². The van der Waals surface area contributed by atoms with E-state index in [4.69, 9.17) is 0 Å². The van der Waals surface area contributed by atoms with Crippen LogP contribution in [-0.2, 0) is 0 Å². The van der Waals surface area contributed by atoms with Gasteiger partial charge >= 0.3 is 0 Å². The zero-order chi connectivity index (χ0) is 7.97. The summed E-state index contributed by atoms with van der Waals surface area (Å²) in [5, 5.41) is 2.01. The molecule has 0 saturated heterocycles. The number of hydrogen-bond donors (Lipinski definition) is 0. The lowest BCUT2D eigenvalue weighted by Crippen LogP contribution is -1.78. The average Bonchev–Trinajstić information content (AvgIpc) is 2.62. The van der Waals surface area contributed by atoms with Crippen LogP contribution in [0.15, 0.2) is 29.9 Å². The van der Waals surface area contributed by atoms with Crippen molar-refractivity contribution in [2.24, 2.45) is 0 Å². The molecule has 0 radical (unpaired) electrons. The highest BCUT2D eigenvalue weighted by Gasteiger charge is 2.03. The molecule has 3 heterocycles. The minimum Gasteiger partial charge on any atom is -0.275 e. The number of nitrogens with zero attached hydrogens (tertiary/aromatic N) is 3. The van der Waals surface area contributed by atoms with Gasteiger partial charge in [0.05, 0.1) is 0 Å². The van der Waals surface area contributed by atoms with Gasteiger partial charge in [-0.05, 0) is 12.1 Å². The molecule has 0 unspecified atom stereocenters. The second kappa shape index (κ2) is 2.04. The molecule has 0 aromatic carbocycles. The second-order valence-corrected chi connectivity index (χ2v) is 3.39. The molecule has 3 rings (SSSR count). The molecule has 4 heteroatoms. The van der Waals surface area contributed by atoms with Crippen molar-refractivity contribution in [1.29, 1.82) is 0 Å². The van der Waals surface area contributed by atoms with Crippen LogP contribution >= 0.6 is 11.3 Å². The van der Waals surface area contributed by atoms with Crippen LogP contribution in [0.4, 0.5) is 0 Å². The Balaban J connectivity index is 2.68. The maximum absolute atomic E-state index is 4.39. The molecule has 0 spiro atoms. The van der Waals surface area contributed by atoms with E-state index in [1.54, 1.807) is 17.5 Å². The lowest BCUT2D eigenvalue weighted by Gasteiger charge is -1.85. The number of pyridine rings is 1. The lowest BCUT2D eigenvalue weighted by molar-refractivity contribution is 1.22. The molecule has 58 valence electrons. The van der Waals surface area contributed by atoms with Crippen molar-refractivity contribution in [1.82, 2.24) is 14.4 Å². The van der Waals surface area contributed by atoms with Crippen molar-refractivity contribution in [2.75, 3.05) is 0 Å². The summed E-state index contributed by atoms with van der Waals surface area (Å²) in [4.78, 5) is 9.65. The van der Waals surface area contributed by atoms with Crippen LogP contribution in [0.25, 0.3) is 16.1 Å². The first-order chi connectivity index (χ1) is 5.95. The average molecular weight is 175 g/mol. The van der Waals surface area contributed by atoms with E-state index in [2.05, 4.69) is 9.97 Å². The molecule has 0 aliphatic heterocycles. The van der Waals surface area contributed by atoms with E-state index in [-0.39, 0.29) is 0 Å². The minimum atomic E-state index is 0.939. The van der Waals surface area contributed by atoms with Crippen LogP contribution in [0.3, 0.4) is 0 Å². The zero-order valence-electron chi connectivity index (χ0n) is 6.14. The molecule has 0 saturated carbocycles. The lowest BCUT2D eigenvalue weighted by atomic mass is 10.4. The highest BCUT2D eigenvalue weighted by Crippen LogP contribution is 2.17. The predicted molar refractivity (Wildman–Crippen MR) is 48.4 cm³/mol. The van der Waals surface area contributed by atoms with Crippen molar-refractivity contribution in [3.8, 4) is 0 Å². The minimum absolute atomic E-state index is 0.939. The van der Waals surface area contributed by atoms with Gasteiger partial charge in [0.15, 0.2) is 10.6 Å². The Morgan fingerprint density at radius 1 is 1.42 bits per heavy atom. The Hall–Kier alpha value is -1.42. The topological polar surface area (TPSA) is 30.2 Å². The van der Waals surface area contributed by atoms with E-state index >= 15 is 0 Å². The highest BCUT2D eigenvalue weighted by molar-refractivity contribution is 7.15. The maximum Gasteiger partial charge on any atom is 0.195 e. The first-order valence-electron chi connectivity index (χ1n) is 3.61. The molecule has 12 heavy (non-hydrogen) atoms. The molecule has 3 aromatic heterocycles. The summed E-state index contributed by atoms with van der Waals surface area (Å²) in [7, 11) is 0. The molecular formula is C8H5N3S. The fourth-order valence-corrected chi connectivity index (χ4v) is 1.99. The van der Waals surface area contributed by atoms with E-state index in [9.17, 15) is 0 Å². The molecule has 3 nitrogen and oxygen atoms in total. The predicted octanol–water partition coefficient (Wildman–Crippen LogP) is 1.94. The Kier molecular flexibility index (Phi) is 1.04. The number of aromatic nitrogens is 3. The normalized spacial score (nSPS) is 11.3. The quantitative estimate of drug-likeness (QED) is 0.522. The Morgan fingerprint density at radius 2 is 2.42 bits per heavy atom. The van der Waals surface area contributed by atoms with Crippen molar-refractivity contribution in [2.45, 2.75) is 0 Å². The molecule has 0 aliphatic rings. The van der Waals surface area contributed by atoms with Crippen molar-refractivity contribution < 1.29 is 0 Å². The van der Waals surface area contributed by atoms with Gasteiger partial charge in [-0.1, -0.05) is 0 Å². The van der Waals surface area contributed by atoms with Gasteiger partial charge in [0.25, 0.3) is 0 Å². The number of rotatable bonds is 0. The summed E-state index contributed by atoms with van der Waals surface area (Å²) in [5.41, 5.74) is 1.90. The number of hydrogen-bond acceptors (Lipinski definition) is 3. The van der Waals surface area contributed by atoms with Crippen molar-refractivity contribution in [3.05, 3.63) is 29.9 Å². The fourth-order valence-electron chi connectivity index (χ4n) is 1.28. The molecule has 0 atom stereocenters. The monoisotopic (exact) mass is 175 g/mol. The Bertz CT molecular complexity index is 536. The third kappa shape index (κ3) is 0.648. The van der Waals surface area contributed by atoms with Gasteiger partial charge in [0.1, 0.15) is 5.52 Å². The standard InChI is InChI=1S/C8H5N3S/c1-2-6-7(9-3-1)11-4-5-12-8(11)10-6/h1-5H. The molecule has 0 N–H and O–H groups in total. The number of fused-ring (bicyclic) bond motifs is 3. The number of thiazole rings is 1. The van der Waals surface area contributed by atoms with E-state index in [1.807, 2.05) is 28.1 Å². The Labute approximate surface area is 72.3 Å². The fraction of sp³-hybridized carbons (Fsp3) is 0. The SMILES string of the molecule is c1cnc2c(c1)nc1sccn12. The van der Waals surface area contributed by atoms with E-state index in [0.717, 1.165) is 16.1 Å². The Morgan fingerprint density at radius 3 is 3.42 bits per heavy atom. The van der Waals surface area contributed by atoms with Crippen LogP contribution in [0.2, 0.25) is 0 Å². The second-order valence-electron chi connectivity index (χ2n) is 2.51. The van der Waals surface area contributed by atoms with Crippen molar-refractivity contribution >= 4 is 27.5 Å². The van der Waals surface area contributed by atoms with E-state index in [1.165, 1.54) is 0 Å². The summed E-state index contributed by atoms with van der Waals surface area (Å²) in [5.74, 6) is 0. The van der Waals surface area contributed by atoms with Crippen molar-refractivity contribution in [3.63, 3.8) is 0 Å². The molecule has 3 aromatic rings. The van der Waals surface area contributed by atoms with Gasteiger partial charge in [-0.2, -0.15) is 0 Å². The van der Waals surface area contributed by atoms with Gasteiger partial charge in [-0.15, -0.1) is 11.3 Å². The molecule has 0 aliphatic carbocycles. The first-order valence-corrected chi connectivity index (χ1v) is 4.49. The van der Waals surface area contributed by atoms with Gasteiger partial charge in [-0.3, -0.25) is 4.40 Å². The van der Waals surface area contributed by atoms with Gasteiger partial charge < -0.3 is 0 Å². The largest absolute Gasteiger partial charge is 0.275 e. The van der Waals surface area contributed by atoms with E-state index < -0.39 is 0 Å². The summed E-state index contributed by atoms with van der Waals surface area (Å²) >= 11 is 1.62. The molecule has 0 fully saturated rings.